The number of rotatable bonds is 4. The monoisotopic (exact) mass is 209 g/mol. The van der Waals surface area contributed by atoms with E-state index in [0.717, 1.165) is 30.8 Å². The van der Waals surface area contributed by atoms with Gasteiger partial charge in [0.2, 0.25) is 0 Å². The van der Waals surface area contributed by atoms with Crippen LogP contribution in [0.5, 0.6) is 0 Å². The van der Waals surface area contributed by atoms with E-state index in [1.54, 1.807) is 11.6 Å². The molecule has 1 heterocycles. The van der Waals surface area contributed by atoms with E-state index in [1.165, 1.54) is 0 Å². The smallest absolute Gasteiger partial charge is 0.275 e. The molecule has 0 aromatic carbocycles. The molecule has 1 aromatic heterocycles. The van der Waals surface area contributed by atoms with Crippen LogP contribution in [-0.2, 0) is 7.05 Å². The summed E-state index contributed by atoms with van der Waals surface area (Å²) < 4.78 is 1.56. The molecule has 0 saturated carbocycles. The van der Waals surface area contributed by atoms with Crippen LogP contribution >= 0.6 is 0 Å². The molecule has 84 valence electrons. The Bertz CT molecular complexity index is 396. The summed E-state index contributed by atoms with van der Waals surface area (Å²) in [7, 11) is 1.73. The Hall–Kier alpha value is -1.45. The topological polar surface area (TPSA) is 60.0 Å². The minimum absolute atomic E-state index is 0.131. The van der Waals surface area contributed by atoms with E-state index in [1.807, 2.05) is 13.0 Å². The number of hydrogen-bond acceptors (Lipinski definition) is 3. The lowest BCUT2D eigenvalue weighted by atomic mass is 10.2. The van der Waals surface area contributed by atoms with Gasteiger partial charge in [0.05, 0.1) is 5.69 Å². The van der Waals surface area contributed by atoms with Gasteiger partial charge in [-0.1, -0.05) is 13.3 Å². The highest BCUT2D eigenvalue weighted by Gasteiger charge is 2.06. The fourth-order valence-electron chi connectivity index (χ4n) is 1.39. The van der Waals surface area contributed by atoms with Crippen molar-refractivity contribution in [1.82, 2.24) is 4.57 Å². The number of aryl methyl sites for hydroxylation is 1. The van der Waals surface area contributed by atoms with Crippen LogP contribution in [0.15, 0.2) is 10.9 Å². The summed E-state index contributed by atoms with van der Waals surface area (Å²) in [6.07, 6.45) is 2.20. The number of nitrogens with one attached hydrogen (secondary N) is 1. The third-order valence-electron chi connectivity index (χ3n) is 2.55. The predicted octanol–water partition coefficient (Wildman–Crippen LogP) is 1.49. The molecular weight excluding hydrogens is 190 g/mol. The van der Waals surface area contributed by atoms with E-state index >= 15 is 0 Å². The van der Waals surface area contributed by atoms with Crippen molar-refractivity contribution < 1.29 is 0 Å². The van der Waals surface area contributed by atoms with Crippen LogP contribution in [0.4, 0.5) is 11.4 Å². The average Bonchev–Trinajstić information content (AvgIpc) is 2.23. The molecule has 1 rings (SSSR count). The summed E-state index contributed by atoms with van der Waals surface area (Å²) in [5.41, 5.74) is 7.58. The van der Waals surface area contributed by atoms with Crippen molar-refractivity contribution in [3.63, 3.8) is 0 Å². The van der Waals surface area contributed by atoms with E-state index in [-0.39, 0.29) is 5.56 Å². The Morgan fingerprint density at radius 3 is 2.80 bits per heavy atom. The molecule has 0 aliphatic heterocycles. The van der Waals surface area contributed by atoms with Crippen molar-refractivity contribution >= 4 is 11.4 Å². The Labute approximate surface area is 90.1 Å². The number of aromatic nitrogens is 1. The number of hydrogen-bond donors (Lipinski definition) is 2. The van der Waals surface area contributed by atoms with Gasteiger partial charge >= 0.3 is 0 Å². The molecule has 0 spiro atoms. The SMILES string of the molecule is CCCCNc1cc(C)n(C)c(=O)c1N. The first kappa shape index (κ1) is 11.6. The van der Waals surface area contributed by atoms with Crippen molar-refractivity contribution in [1.29, 1.82) is 0 Å². The zero-order chi connectivity index (χ0) is 11.4. The molecule has 0 saturated heterocycles. The van der Waals surface area contributed by atoms with Crippen LogP contribution in [0, 0.1) is 6.92 Å². The van der Waals surface area contributed by atoms with Crippen LogP contribution in [-0.4, -0.2) is 11.1 Å². The molecule has 4 heteroatoms. The van der Waals surface area contributed by atoms with Gasteiger partial charge in [-0.25, -0.2) is 0 Å². The molecular formula is C11H19N3O. The highest BCUT2D eigenvalue weighted by molar-refractivity contribution is 5.65. The lowest BCUT2D eigenvalue weighted by molar-refractivity contribution is 0.814. The Morgan fingerprint density at radius 2 is 2.20 bits per heavy atom. The molecule has 0 aliphatic carbocycles. The third kappa shape index (κ3) is 2.52. The van der Waals surface area contributed by atoms with Gasteiger partial charge in [-0.3, -0.25) is 4.79 Å². The lowest BCUT2D eigenvalue weighted by Gasteiger charge is -2.12. The predicted molar refractivity (Wildman–Crippen MR) is 64.2 cm³/mol. The van der Waals surface area contributed by atoms with Crippen LogP contribution in [0.3, 0.4) is 0 Å². The van der Waals surface area contributed by atoms with Crippen LogP contribution in [0.1, 0.15) is 25.5 Å². The largest absolute Gasteiger partial charge is 0.393 e. The normalized spacial score (nSPS) is 10.3. The lowest BCUT2D eigenvalue weighted by Crippen LogP contribution is -2.23. The molecule has 0 unspecified atom stereocenters. The molecule has 0 amide bonds. The molecule has 15 heavy (non-hydrogen) atoms. The minimum Gasteiger partial charge on any atom is -0.393 e. The number of nitrogen functional groups attached to an aromatic ring is 1. The first-order valence-corrected chi connectivity index (χ1v) is 5.28. The molecule has 3 N–H and O–H groups in total. The molecule has 1 aromatic rings. The summed E-state index contributed by atoms with van der Waals surface area (Å²) in [4.78, 5) is 11.6. The van der Waals surface area contributed by atoms with Gasteiger partial charge in [0.1, 0.15) is 5.69 Å². The second-order valence-electron chi connectivity index (χ2n) is 3.76. The van der Waals surface area contributed by atoms with Crippen LogP contribution < -0.4 is 16.6 Å². The van der Waals surface area contributed by atoms with Crippen LogP contribution in [0.25, 0.3) is 0 Å². The highest BCUT2D eigenvalue weighted by Crippen LogP contribution is 2.14. The van der Waals surface area contributed by atoms with Gasteiger partial charge in [0.25, 0.3) is 5.56 Å². The van der Waals surface area contributed by atoms with Crippen molar-refractivity contribution in [3.8, 4) is 0 Å². The molecule has 0 aliphatic rings. The van der Waals surface area contributed by atoms with E-state index in [9.17, 15) is 4.79 Å². The number of anilines is 2. The van der Waals surface area contributed by atoms with E-state index in [0.29, 0.717) is 5.69 Å². The summed E-state index contributed by atoms with van der Waals surface area (Å²) in [5, 5.41) is 3.18. The van der Waals surface area contributed by atoms with Crippen molar-refractivity contribution in [2.75, 3.05) is 17.6 Å². The molecule has 4 nitrogen and oxygen atoms in total. The Balaban J connectivity index is 2.94. The van der Waals surface area contributed by atoms with E-state index in [2.05, 4.69) is 12.2 Å². The second-order valence-corrected chi connectivity index (χ2v) is 3.76. The quantitative estimate of drug-likeness (QED) is 0.738. The zero-order valence-electron chi connectivity index (χ0n) is 9.63. The maximum Gasteiger partial charge on any atom is 0.275 e. The zero-order valence-corrected chi connectivity index (χ0v) is 9.63. The maximum atomic E-state index is 11.6. The number of unbranched alkanes of at least 4 members (excludes halogenated alkanes) is 1. The van der Waals surface area contributed by atoms with Gasteiger partial charge < -0.3 is 15.6 Å². The molecule has 0 fully saturated rings. The molecule has 0 radical (unpaired) electrons. The van der Waals surface area contributed by atoms with E-state index < -0.39 is 0 Å². The summed E-state index contributed by atoms with van der Waals surface area (Å²) in [6.45, 7) is 4.87. The van der Waals surface area contributed by atoms with Gasteiger partial charge in [0.15, 0.2) is 0 Å². The Morgan fingerprint density at radius 1 is 1.53 bits per heavy atom. The fourth-order valence-corrected chi connectivity index (χ4v) is 1.39. The van der Waals surface area contributed by atoms with Gasteiger partial charge in [-0.2, -0.15) is 0 Å². The molecule has 0 bridgehead atoms. The van der Waals surface area contributed by atoms with Gasteiger partial charge in [0, 0.05) is 19.3 Å². The summed E-state index contributed by atoms with van der Waals surface area (Å²) in [5.74, 6) is 0. The standard InChI is InChI=1S/C11H19N3O/c1-4-5-6-13-9-7-8(2)14(3)11(15)10(9)12/h7,13H,4-6,12H2,1-3H3. The second kappa shape index (κ2) is 4.87. The minimum atomic E-state index is -0.131. The number of nitrogens with zero attached hydrogens (tertiary/aromatic N) is 1. The number of pyridine rings is 1. The number of nitrogens with two attached hydrogens (primary N) is 1. The summed E-state index contributed by atoms with van der Waals surface area (Å²) in [6, 6.07) is 1.91. The average molecular weight is 209 g/mol. The van der Waals surface area contributed by atoms with Crippen molar-refractivity contribution in [3.05, 3.63) is 22.1 Å². The summed E-state index contributed by atoms with van der Waals surface area (Å²) >= 11 is 0. The molecule has 0 atom stereocenters. The van der Waals surface area contributed by atoms with Crippen LogP contribution in [0.2, 0.25) is 0 Å². The highest BCUT2D eigenvalue weighted by atomic mass is 16.1. The fraction of sp³-hybridized carbons (Fsp3) is 0.545. The Kier molecular flexibility index (Phi) is 3.77. The first-order valence-electron chi connectivity index (χ1n) is 5.28. The first-order chi connectivity index (χ1) is 7.07. The van der Waals surface area contributed by atoms with Crippen molar-refractivity contribution in [2.24, 2.45) is 7.05 Å². The third-order valence-corrected chi connectivity index (χ3v) is 2.55. The van der Waals surface area contributed by atoms with E-state index in [4.69, 9.17) is 5.73 Å². The maximum absolute atomic E-state index is 11.6. The van der Waals surface area contributed by atoms with Gasteiger partial charge in [-0.05, 0) is 19.4 Å². The van der Waals surface area contributed by atoms with Gasteiger partial charge in [-0.15, -0.1) is 0 Å². The van der Waals surface area contributed by atoms with Crippen molar-refractivity contribution in [2.45, 2.75) is 26.7 Å².